The molecule has 3 aromatic heterocycles. The van der Waals surface area contributed by atoms with Gasteiger partial charge in [-0.3, -0.25) is 4.40 Å². The maximum absolute atomic E-state index is 6.13. The summed E-state index contributed by atoms with van der Waals surface area (Å²) in [6, 6.07) is 11.7. The van der Waals surface area contributed by atoms with Crippen molar-refractivity contribution in [1.82, 2.24) is 14.4 Å². The second-order valence-electron chi connectivity index (χ2n) is 5.29. The minimum atomic E-state index is 0.671. The summed E-state index contributed by atoms with van der Waals surface area (Å²) in [7, 11) is 0. The molecule has 0 fully saturated rings. The number of rotatable bonds is 3. The van der Waals surface area contributed by atoms with E-state index in [1.54, 1.807) is 11.3 Å². The van der Waals surface area contributed by atoms with Crippen LogP contribution in [-0.2, 0) is 0 Å². The Morgan fingerprint density at radius 3 is 2.71 bits per heavy atom. The first-order valence-corrected chi connectivity index (χ1v) is 9.28. The standard InChI is InChI=1S/C17H12BrClN4S/c1-10-16(23-8-12(19)4-7-15(23)20-10)14-9-24-17(22-14)21-13-5-2-11(18)3-6-13/h2-9H,1H3,(H,21,22). The van der Waals surface area contributed by atoms with Gasteiger partial charge in [-0.2, -0.15) is 0 Å². The Balaban J connectivity index is 1.71. The van der Waals surface area contributed by atoms with Gasteiger partial charge < -0.3 is 5.32 Å². The van der Waals surface area contributed by atoms with Crippen LogP contribution < -0.4 is 5.32 Å². The third-order valence-electron chi connectivity index (χ3n) is 3.60. The Labute approximate surface area is 156 Å². The maximum atomic E-state index is 6.13. The molecule has 7 heteroatoms. The zero-order chi connectivity index (χ0) is 16.7. The molecule has 0 unspecified atom stereocenters. The van der Waals surface area contributed by atoms with Crippen LogP contribution >= 0.6 is 38.9 Å². The number of hydrogen-bond donors (Lipinski definition) is 1. The molecular formula is C17H12BrClN4S. The summed E-state index contributed by atoms with van der Waals surface area (Å²) in [4.78, 5) is 9.28. The SMILES string of the molecule is Cc1nc2ccc(Cl)cn2c1-c1csc(Nc2ccc(Br)cc2)n1. The van der Waals surface area contributed by atoms with E-state index < -0.39 is 0 Å². The Bertz CT molecular complexity index is 1020. The monoisotopic (exact) mass is 418 g/mol. The van der Waals surface area contributed by atoms with Crippen molar-refractivity contribution >= 4 is 55.3 Å². The number of halogens is 2. The Hall–Kier alpha value is -1.89. The second-order valence-corrected chi connectivity index (χ2v) is 7.50. The summed E-state index contributed by atoms with van der Waals surface area (Å²) in [5.41, 5.74) is 4.64. The number of fused-ring (bicyclic) bond motifs is 1. The third kappa shape index (κ3) is 2.92. The minimum absolute atomic E-state index is 0.671. The van der Waals surface area contributed by atoms with Gasteiger partial charge in [0, 0.05) is 21.7 Å². The lowest BCUT2D eigenvalue weighted by Gasteiger charge is -2.02. The summed E-state index contributed by atoms with van der Waals surface area (Å²) in [6.45, 7) is 1.98. The number of imidazole rings is 1. The summed E-state index contributed by atoms with van der Waals surface area (Å²) in [6.07, 6.45) is 1.87. The largest absolute Gasteiger partial charge is 0.332 e. The number of aromatic nitrogens is 3. The van der Waals surface area contributed by atoms with Gasteiger partial charge in [-0.25, -0.2) is 9.97 Å². The molecule has 0 saturated heterocycles. The fraction of sp³-hybridized carbons (Fsp3) is 0.0588. The van der Waals surface area contributed by atoms with E-state index in [1.165, 1.54) is 0 Å². The van der Waals surface area contributed by atoms with Crippen molar-refractivity contribution in [2.24, 2.45) is 0 Å². The van der Waals surface area contributed by atoms with E-state index >= 15 is 0 Å². The lowest BCUT2D eigenvalue weighted by Crippen LogP contribution is -1.92. The summed E-state index contributed by atoms with van der Waals surface area (Å²) in [5, 5.41) is 6.86. The molecule has 4 rings (SSSR count). The molecule has 0 bridgehead atoms. The molecule has 4 aromatic rings. The van der Waals surface area contributed by atoms with E-state index in [0.29, 0.717) is 5.02 Å². The topological polar surface area (TPSA) is 42.2 Å². The molecule has 0 radical (unpaired) electrons. The molecule has 0 amide bonds. The molecule has 120 valence electrons. The van der Waals surface area contributed by atoms with Crippen LogP contribution in [0.25, 0.3) is 17.0 Å². The van der Waals surface area contributed by atoms with Crippen LogP contribution in [0.4, 0.5) is 10.8 Å². The second kappa shape index (κ2) is 6.20. The normalized spacial score (nSPS) is 11.1. The van der Waals surface area contributed by atoms with Gasteiger partial charge in [0.25, 0.3) is 0 Å². The van der Waals surface area contributed by atoms with E-state index in [-0.39, 0.29) is 0 Å². The summed E-state index contributed by atoms with van der Waals surface area (Å²) < 4.78 is 3.03. The highest BCUT2D eigenvalue weighted by molar-refractivity contribution is 9.10. The van der Waals surface area contributed by atoms with E-state index in [9.17, 15) is 0 Å². The molecule has 0 atom stereocenters. The summed E-state index contributed by atoms with van der Waals surface area (Å²) >= 11 is 11.1. The first-order chi connectivity index (χ1) is 11.6. The van der Waals surface area contributed by atoms with E-state index in [0.717, 1.165) is 38.0 Å². The number of nitrogens with zero attached hydrogens (tertiary/aromatic N) is 3. The van der Waals surface area contributed by atoms with Crippen LogP contribution in [0.15, 0.2) is 52.4 Å². The minimum Gasteiger partial charge on any atom is -0.332 e. The Kier molecular flexibility index (Phi) is 4.04. The maximum Gasteiger partial charge on any atom is 0.187 e. The molecule has 4 nitrogen and oxygen atoms in total. The van der Waals surface area contributed by atoms with E-state index in [4.69, 9.17) is 16.6 Å². The van der Waals surface area contributed by atoms with Crippen LogP contribution in [0.3, 0.4) is 0 Å². The predicted octanol–water partition coefficient (Wildman–Crippen LogP) is 5.93. The summed E-state index contributed by atoms with van der Waals surface area (Å²) in [5.74, 6) is 0. The molecule has 0 aliphatic carbocycles. The van der Waals surface area contributed by atoms with Gasteiger partial charge in [0.1, 0.15) is 11.3 Å². The quantitative estimate of drug-likeness (QED) is 0.448. The fourth-order valence-electron chi connectivity index (χ4n) is 2.54. The number of thiazole rings is 1. The van der Waals surface area contributed by atoms with E-state index in [2.05, 4.69) is 26.2 Å². The van der Waals surface area contributed by atoms with Crippen molar-refractivity contribution < 1.29 is 0 Å². The number of anilines is 2. The molecular weight excluding hydrogens is 408 g/mol. The zero-order valence-corrected chi connectivity index (χ0v) is 15.8. The van der Waals surface area contributed by atoms with Gasteiger partial charge in [-0.05, 0) is 43.3 Å². The average Bonchev–Trinajstić information content (AvgIpc) is 3.12. The molecule has 0 saturated carbocycles. The van der Waals surface area contributed by atoms with Crippen LogP contribution in [-0.4, -0.2) is 14.4 Å². The molecule has 1 N–H and O–H groups in total. The highest BCUT2D eigenvalue weighted by atomic mass is 79.9. The molecule has 24 heavy (non-hydrogen) atoms. The average molecular weight is 420 g/mol. The van der Waals surface area contributed by atoms with Crippen LogP contribution in [0.5, 0.6) is 0 Å². The van der Waals surface area contributed by atoms with Crippen molar-refractivity contribution in [2.75, 3.05) is 5.32 Å². The third-order valence-corrected chi connectivity index (χ3v) is 5.11. The number of pyridine rings is 1. The Morgan fingerprint density at radius 2 is 1.92 bits per heavy atom. The number of hydrogen-bond acceptors (Lipinski definition) is 4. The van der Waals surface area contributed by atoms with Gasteiger partial charge in [0.2, 0.25) is 0 Å². The van der Waals surface area contributed by atoms with Gasteiger partial charge in [0.15, 0.2) is 5.13 Å². The first-order valence-electron chi connectivity index (χ1n) is 7.23. The smallest absolute Gasteiger partial charge is 0.187 e. The van der Waals surface area contributed by atoms with Gasteiger partial charge >= 0.3 is 0 Å². The van der Waals surface area contributed by atoms with Gasteiger partial charge in [-0.1, -0.05) is 27.5 Å². The molecule has 1 aromatic carbocycles. The van der Waals surface area contributed by atoms with Gasteiger partial charge in [-0.15, -0.1) is 11.3 Å². The zero-order valence-electron chi connectivity index (χ0n) is 12.6. The number of aryl methyl sites for hydroxylation is 1. The first kappa shape index (κ1) is 15.6. The molecule has 3 heterocycles. The van der Waals surface area contributed by atoms with Crippen molar-refractivity contribution in [3.05, 3.63) is 63.2 Å². The van der Waals surface area contributed by atoms with Crippen LogP contribution in [0.1, 0.15) is 5.69 Å². The van der Waals surface area contributed by atoms with Crippen LogP contribution in [0, 0.1) is 6.92 Å². The fourth-order valence-corrected chi connectivity index (χ4v) is 3.68. The highest BCUT2D eigenvalue weighted by Crippen LogP contribution is 2.30. The molecule has 0 spiro atoms. The number of nitrogens with one attached hydrogen (secondary N) is 1. The lowest BCUT2D eigenvalue weighted by atomic mass is 10.3. The lowest BCUT2D eigenvalue weighted by molar-refractivity contribution is 1.17. The Morgan fingerprint density at radius 1 is 1.12 bits per heavy atom. The van der Waals surface area contributed by atoms with Crippen LogP contribution in [0.2, 0.25) is 5.02 Å². The van der Waals surface area contributed by atoms with Crippen molar-refractivity contribution in [2.45, 2.75) is 6.92 Å². The molecule has 0 aliphatic rings. The van der Waals surface area contributed by atoms with E-state index in [1.807, 2.05) is 59.3 Å². The van der Waals surface area contributed by atoms with Crippen molar-refractivity contribution in [3.63, 3.8) is 0 Å². The van der Waals surface area contributed by atoms with Gasteiger partial charge in [0.05, 0.1) is 16.4 Å². The van der Waals surface area contributed by atoms with Crippen molar-refractivity contribution in [3.8, 4) is 11.4 Å². The highest BCUT2D eigenvalue weighted by Gasteiger charge is 2.14. The molecule has 0 aliphatic heterocycles. The predicted molar refractivity (Wildman–Crippen MR) is 103 cm³/mol. The number of benzene rings is 1. The van der Waals surface area contributed by atoms with Crippen molar-refractivity contribution in [1.29, 1.82) is 0 Å².